The molecule has 0 saturated carbocycles. The van der Waals surface area contributed by atoms with Crippen molar-refractivity contribution in [2.75, 3.05) is 7.11 Å². The summed E-state index contributed by atoms with van der Waals surface area (Å²) < 4.78 is 10.5. The van der Waals surface area contributed by atoms with Crippen LogP contribution in [0.4, 0.5) is 0 Å². The SMILES string of the molecule is CCC(=O)Oc1c(OC)ccnc1C(=O)N[C@@H](C)C(=O)NC(C)=C(c1cc(Cl)cc(Cl)c1)c1cc(Cl)cc(Cl)c1. The first-order valence-electron chi connectivity index (χ1n) is 11.9. The van der Waals surface area contributed by atoms with Gasteiger partial charge in [-0.1, -0.05) is 53.3 Å². The molecule has 12 heteroatoms. The Kier molecular flexibility index (Phi) is 10.8. The number of amides is 2. The van der Waals surface area contributed by atoms with E-state index in [2.05, 4.69) is 15.6 Å². The van der Waals surface area contributed by atoms with Gasteiger partial charge < -0.3 is 20.1 Å². The molecule has 3 rings (SSSR count). The highest BCUT2D eigenvalue weighted by atomic mass is 35.5. The van der Waals surface area contributed by atoms with Crippen LogP contribution >= 0.6 is 46.4 Å². The first kappa shape index (κ1) is 31.2. The van der Waals surface area contributed by atoms with Crippen molar-refractivity contribution in [1.29, 1.82) is 0 Å². The van der Waals surface area contributed by atoms with Crippen molar-refractivity contribution in [1.82, 2.24) is 15.6 Å². The molecular formula is C28H25Cl4N3O5. The van der Waals surface area contributed by atoms with Crippen LogP contribution in [0.2, 0.25) is 20.1 Å². The van der Waals surface area contributed by atoms with E-state index < -0.39 is 23.8 Å². The minimum Gasteiger partial charge on any atom is -0.493 e. The summed E-state index contributed by atoms with van der Waals surface area (Å²) in [7, 11) is 1.36. The van der Waals surface area contributed by atoms with E-state index in [1.807, 2.05) is 0 Å². The number of nitrogens with one attached hydrogen (secondary N) is 2. The lowest BCUT2D eigenvalue weighted by molar-refractivity contribution is -0.134. The lowest BCUT2D eigenvalue weighted by Gasteiger charge is -2.19. The fourth-order valence-electron chi connectivity index (χ4n) is 3.72. The van der Waals surface area contributed by atoms with E-state index in [9.17, 15) is 14.4 Å². The van der Waals surface area contributed by atoms with E-state index in [1.165, 1.54) is 26.3 Å². The molecule has 1 atom stereocenters. The fraction of sp³-hybridized carbons (Fsp3) is 0.214. The average Bonchev–Trinajstić information content (AvgIpc) is 2.87. The zero-order chi connectivity index (χ0) is 29.6. The van der Waals surface area contributed by atoms with Gasteiger partial charge in [-0.05, 0) is 61.4 Å². The van der Waals surface area contributed by atoms with Crippen LogP contribution in [0.15, 0.2) is 54.4 Å². The van der Waals surface area contributed by atoms with Crippen molar-refractivity contribution in [3.05, 3.63) is 91.3 Å². The summed E-state index contributed by atoms with van der Waals surface area (Å²) in [6, 6.07) is 10.3. The zero-order valence-electron chi connectivity index (χ0n) is 21.9. The van der Waals surface area contributed by atoms with Gasteiger partial charge in [0.1, 0.15) is 6.04 Å². The highest BCUT2D eigenvalue weighted by Crippen LogP contribution is 2.34. The van der Waals surface area contributed by atoms with Crippen molar-refractivity contribution in [3.63, 3.8) is 0 Å². The van der Waals surface area contributed by atoms with Crippen LogP contribution in [0.25, 0.3) is 5.57 Å². The van der Waals surface area contributed by atoms with E-state index in [4.69, 9.17) is 55.9 Å². The molecule has 0 unspecified atom stereocenters. The molecule has 1 heterocycles. The smallest absolute Gasteiger partial charge is 0.311 e. The van der Waals surface area contributed by atoms with Gasteiger partial charge in [0.2, 0.25) is 11.7 Å². The summed E-state index contributed by atoms with van der Waals surface area (Å²) in [6.45, 7) is 4.78. The lowest BCUT2D eigenvalue weighted by atomic mass is 9.96. The number of esters is 1. The van der Waals surface area contributed by atoms with Crippen molar-refractivity contribution < 1.29 is 23.9 Å². The molecule has 3 aromatic rings. The molecule has 0 aliphatic rings. The molecule has 0 bridgehead atoms. The Balaban J connectivity index is 1.93. The molecule has 2 N–H and O–H groups in total. The highest BCUT2D eigenvalue weighted by Gasteiger charge is 2.25. The number of aromatic nitrogens is 1. The molecule has 0 fully saturated rings. The molecule has 8 nitrogen and oxygen atoms in total. The highest BCUT2D eigenvalue weighted by molar-refractivity contribution is 6.35. The number of pyridine rings is 1. The minimum atomic E-state index is -1.03. The first-order valence-corrected chi connectivity index (χ1v) is 13.4. The van der Waals surface area contributed by atoms with E-state index >= 15 is 0 Å². The second-order valence-electron chi connectivity index (χ2n) is 8.52. The average molecular weight is 625 g/mol. The van der Waals surface area contributed by atoms with E-state index in [0.717, 1.165) is 0 Å². The molecular weight excluding hydrogens is 600 g/mol. The summed E-state index contributed by atoms with van der Waals surface area (Å²) in [4.78, 5) is 42.2. The molecule has 1 aromatic heterocycles. The second-order valence-corrected chi connectivity index (χ2v) is 10.3. The van der Waals surface area contributed by atoms with E-state index in [0.29, 0.717) is 42.5 Å². The minimum absolute atomic E-state index is 0.0710. The Morgan fingerprint density at radius 2 is 1.45 bits per heavy atom. The standard InChI is InChI=1S/C28H25Cl4N3O5/c1-5-23(36)40-26-22(39-4)6-7-33-25(26)28(38)35-15(3)27(37)34-14(2)24(16-8-18(29)12-19(30)9-16)17-10-20(31)13-21(32)11-17/h6-13,15H,5H2,1-4H3,(H,34,37)(H,35,38)/t15-/m0/s1. The predicted molar refractivity (Wildman–Crippen MR) is 156 cm³/mol. The summed E-state index contributed by atoms with van der Waals surface area (Å²) in [5, 5.41) is 6.93. The maximum atomic E-state index is 13.2. The molecule has 0 saturated heterocycles. The maximum Gasteiger partial charge on any atom is 0.311 e. The molecule has 2 amide bonds. The van der Waals surface area contributed by atoms with Gasteiger partial charge in [-0.2, -0.15) is 0 Å². The van der Waals surface area contributed by atoms with Crippen molar-refractivity contribution in [2.24, 2.45) is 0 Å². The van der Waals surface area contributed by atoms with Crippen LogP contribution in [-0.4, -0.2) is 35.9 Å². The zero-order valence-corrected chi connectivity index (χ0v) is 24.9. The number of benzene rings is 2. The lowest BCUT2D eigenvalue weighted by Crippen LogP contribution is -2.44. The van der Waals surface area contributed by atoms with Gasteiger partial charge in [0.25, 0.3) is 5.91 Å². The maximum absolute atomic E-state index is 13.2. The van der Waals surface area contributed by atoms with Gasteiger partial charge in [-0.3, -0.25) is 14.4 Å². The van der Waals surface area contributed by atoms with Gasteiger partial charge >= 0.3 is 5.97 Å². The molecule has 0 aliphatic heterocycles. The molecule has 0 aliphatic carbocycles. The third-order valence-electron chi connectivity index (χ3n) is 5.54. The van der Waals surface area contributed by atoms with Gasteiger partial charge in [0, 0.05) is 50.0 Å². The normalized spacial score (nSPS) is 11.3. The van der Waals surface area contributed by atoms with E-state index in [-0.39, 0.29) is 23.6 Å². The molecule has 0 spiro atoms. The van der Waals surface area contributed by atoms with Crippen LogP contribution in [0, 0.1) is 0 Å². The van der Waals surface area contributed by atoms with Crippen LogP contribution in [-0.2, 0) is 9.59 Å². The number of nitrogens with zero attached hydrogens (tertiary/aromatic N) is 1. The van der Waals surface area contributed by atoms with Crippen molar-refractivity contribution >= 4 is 69.8 Å². The largest absolute Gasteiger partial charge is 0.493 e. The molecule has 0 radical (unpaired) electrons. The second kappa shape index (κ2) is 13.9. The monoisotopic (exact) mass is 623 g/mol. The molecule has 2 aromatic carbocycles. The summed E-state index contributed by atoms with van der Waals surface area (Å²) in [5.74, 6) is -1.87. The van der Waals surface area contributed by atoms with Crippen LogP contribution in [0.5, 0.6) is 11.5 Å². The number of carbonyl (C=O) groups excluding carboxylic acids is 3. The number of allylic oxidation sites excluding steroid dienone is 1. The Bertz CT molecular complexity index is 1400. The molecule has 210 valence electrons. The van der Waals surface area contributed by atoms with Crippen molar-refractivity contribution in [3.8, 4) is 11.5 Å². The summed E-state index contributed by atoms with van der Waals surface area (Å²) in [5.41, 5.74) is 1.97. The summed E-state index contributed by atoms with van der Waals surface area (Å²) >= 11 is 25.0. The molecule has 40 heavy (non-hydrogen) atoms. The van der Waals surface area contributed by atoms with Crippen LogP contribution < -0.4 is 20.1 Å². The van der Waals surface area contributed by atoms with Crippen molar-refractivity contribution in [2.45, 2.75) is 33.2 Å². The third-order valence-corrected chi connectivity index (χ3v) is 6.41. The number of halogens is 4. The Labute approximate surface area is 251 Å². The third kappa shape index (κ3) is 7.88. The van der Waals surface area contributed by atoms with Gasteiger partial charge in [-0.25, -0.2) is 4.98 Å². The van der Waals surface area contributed by atoms with E-state index in [1.54, 1.807) is 50.2 Å². The van der Waals surface area contributed by atoms with Gasteiger partial charge in [0.05, 0.1) is 7.11 Å². The Hall–Kier alpha value is -3.30. The van der Waals surface area contributed by atoms with Gasteiger partial charge in [0.15, 0.2) is 11.4 Å². The number of carbonyl (C=O) groups is 3. The Morgan fingerprint density at radius 3 is 1.93 bits per heavy atom. The summed E-state index contributed by atoms with van der Waals surface area (Å²) in [6.07, 6.45) is 1.40. The first-order chi connectivity index (χ1) is 18.9. The topological polar surface area (TPSA) is 107 Å². The Morgan fingerprint density at radius 1 is 0.925 bits per heavy atom. The number of ether oxygens (including phenoxy) is 2. The number of rotatable bonds is 9. The number of hydrogen-bond donors (Lipinski definition) is 2. The number of hydrogen-bond acceptors (Lipinski definition) is 6. The van der Waals surface area contributed by atoms with Crippen LogP contribution in [0.3, 0.4) is 0 Å². The quantitative estimate of drug-likeness (QED) is 0.256. The fourth-order valence-corrected chi connectivity index (χ4v) is 4.77. The van der Waals surface area contributed by atoms with Gasteiger partial charge in [-0.15, -0.1) is 0 Å². The number of methoxy groups -OCH3 is 1. The van der Waals surface area contributed by atoms with Crippen LogP contribution in [0.1, 0.15) is 48.8 Å². The predicted octanol–water partition coefficient (Wildman–Crippen LogP) is 6.73.